The van der Waals surface area contributed by atoms with Gasteiger partial charge >= 0.3 is 0 Å². The second-order valence-corrected chi connectivity index (χ2v) is 7.42. The molecule has 2 heterocycles. The first-order valence-electron chi connectivity index (χ1n) is 8.59. The van der Waals surface area contributed by atoms with Crippen LogP contribution in [0.15, 0.2) is 18.2 Å². The van der Waals surface area contributed by atoms with Crippen molar-refractivity contribution in [1.82, 2.24) is 5.32 Å². The highest BCUT2D eigenvalue weighted by Gasteiger charge is 2.35. The van der Waals surface area contributed by atoms with E-state index in [2.05, 4.69) is 11.4 Å². The van der Waals surface area contributed by atoms with Crippen molar-refractivity contribution < 1.29 is 9.47 Å². The van der Waals surface area contributed by atoms with Gasteiger partial charge < -0.3 is 14.8 Å². The van der Waals surface area contributed by atoms with Crippen LogP contribution in [0.5, 0.6) is 0 Å². The third-order valence-corrected chi connectivity index (χ3v) is 5.76. The molecule has 0 radical (unpaired) electrons. The van der Waals surface area contributed by atoms with Crippen LogP contribution >= 0.6 is 23.2 Å². The van der Waals surface area contributed by atoms with Crippen molar-refractivity contribution in [2.45, 2.75) is 50.2 Å². The Hall–Kier alpha value is -0.320. The largest absolute Gasteiger partial charge is 0.353 e. The molecular weight excluding hydrogens is 333 g/mol. The van der Waals surface area contributed by atoms with E-state index in [0.29, 0.717) is 10.0 Å². The highest BCUT2D eigenvalue weighted by atomic mass is 35.5. The average Bonchev–Trinajstić information content (AvgIpc) is 3.05. The Labute approximate surface area is 148 Å². The van der Waals surface area contributed by atoms with Gasteiger partial charge in [0, 0.05) is 25.2 Å². The molecule has 0 bridgehead atoms. The summed E-state index contributed by atoms with van der Waals surface area (Å²) in [7, 11) is 0. The molecule has 0 aliphatic carbocycles. The minimum atomic E-state index is 0.00591. The van der Waals surface area contributed by atoms with E-state index in [-0.39, 0.29) is 11.7 Å². The summed E-state index contributed by atoms with van der Waals surface area (Å²) in [4.78, 5) is 0. The lowest BCUT2D eigenvalue weighted by Crippen LogP contribution is -2.30. The van der Waals surface area contributed by atoms with Crippen LogP contribution in [-0.2, 0) is 14.9 Å². The first kappa shape index (κ1) is 17.5. The quantitative estimate of drug-likeness (QED) is 0.757. The molecule has 0 spiro atoms. The average molecular weight is 358 g/mol. The van der Waals surface area contributed by atoms with Crippen LogP contribution in [0, 0.1) is 0 Å². The van der Waals surface area contributed by atoms with Crippen LogP contribution in [0.3, 0.4) is 0 Å². The molecule has 1 aromatic rings. The number of halogens is 2. The maximum absolute atomic E-state index is 6.22. The molecule has 2 saturated heterocycles. The zero-order valence-corrected chi connectivity index (χ0v) is 15.0. The molecule has 2 fully saturated rings. The van der Waals surface area contributed by atoms with Gasteiger partial charge in [0.2, 0.25) is 0 Å². The number of benzene rings is 1. The van der Waals surface area contributed by atoms with Gasteiger partial charge in [-0.25, -0.2) is 0 Å². The van der Waals surface area contributed by atoms with E-state index in [0.717, 1.165) is 58.4 Å². The molecule has 2 aliphatic rings. The molecule has 1 aromatic carbocycles. The lowest BCUT2D eigenvalue weighted by atomic mass is 9.76. The van der Waals surface area contributed by atoms with E-state index in [1.807, 2.05) is 12.1 Å². The number of hydrogen-bond donors (Lipinski definition) is 1. The zero-order valence-electron chi connectivity index (χ0n) is 13.5. The van der Waals surface area contributed by atoms with Crippen molar-refractivity contribution in [3.63, 3.8) is 0 Å². The van der Waals surface area contributed by atoms with Crippen molar-refractivity contribution in [2.75, 3.05) is 26.3 Å². The number of rotatable bonds is 6. The van der Waals surface area contributed by atoms with Crippen LogP contribution in [-0.4, -0.2) is 32.6 Å². The Morgan fingerprint density at radius 2 is 2.17 bits per heavy atom. The standard InChI is InChI=1S/C18H25Cl2NO2/c19-15-6-5-14(12-16(15)20)18(8-9-21-13-18)7-3-11-23-17-4-1-2-10-22-17/h5-6,12,17,21H,1-4,7-11,13H2. The molecule has 2 unspecified atom stereocenters. The van der Waals surface area contributed by atoms with E-state index >= 15 is 0 Å². The highest BCUT2D eigenvalue weighted by molar-refractivity contribution is 6.42. The summed E-state index contributed by atoms with van der Waals surface area (Å²) in [6, 6.07) is 6.06. The fraction of sp³-hybridized carbons (Fsp3) is 0.667. The van der Waals surface area contributed by atoms with Gasteiger partial charge in [0.1, 0.15) is 0 Å². The van der Waals surface area contributed by atoms with E-state index in [4.69, 9.17) is 32.7 Å². The maximum atomic E-state index is 6.22. The predicted octanol–water partition coefficient (Wildman–Crippen LogP) is 4.55. The fourth-order valence-electron chi connectivity index (χ4n) is 3.64. The lowest BCUT2D eigenvalue weighted by molar-refractivity contribution is -0.163. The maximum Gasteiger partial charge on any atom is 0.157 e. The predicted molar refractivity (Wildman–Crippen MR) is 94.4 cm³/mol. The number of hydrogen-bond acceptors (Lipinski definition) is 3. The third kappa shape index (κ3) is 4.40. The van der Waals surface area contributed by atoms with Crippen LogP contribution in [0.25, 0.3) is 0 Å². The van der Waals surface area contributed by atoms with E-state index in [9.17, 15) is 0 Å². The number of nitrogens with one attached hydrogen (secondary N) is 1. The monoisotopic (exact) mass is 357 g/mol. The normalized spacial score (nSPS) is 28.2. The summed E-state index contributed by atoms with van der Waals surface area (Å²) in [5.41, 5.74) is 1.43. The van der Waals surface area contributed by atoms with Crippen LogP contribution in [0.2, 0.25) is 10.0 Å². The summed E-state index contributed by atoms with van der Waals surface area (Å²) >= 11 is 12.3. The summed E-state index contributed by atoms with van der Waals surface area (Å²) in [5.74, 6) is 0. The number of ether oxygens (including phenoxy) is 2. The Kier molecular flexibility index (Phi) is 6.22. The van der Waals surface area contributed by atoms with Crippen LogP contribution < -0.4 is 5.32 Å². The third-order valence-electron chi connectivity index (χ3n) is 5.02. The Balaban J connectivity index is 1.56. The van der Waals surface area contributed by atoms with Gasteiger partial charge in [-0.3, -0.25) is 0 Å². The molecule has 1 N–H and O–H groups in total. The molecule has 2 atom stereocenters. The van der Waals surface area contributed by atoms with Gasteiger partial charge in [0.25, 0.3) is 0 Å². The summed E-state index contributed by atoms with van der Waals surface area (Å²) < 4.78 is 11.5. The summed E-state index contributed by atoms with van der Waals surface area (Å²) in [5, 5.41) is 4.76. The van der Waals surface area contributed by atoms with Gasteiger partial charge in [-0.15, -0.1) is 0 Å². The van der Waals surface area contributed by atoms with Gasteiger partial charge in [-0.2, -0.15) is 0 Å². The van der Waals surface area contributed by atoms with Gasteiger partial charge in [-0.05, 0) is 62.8 Å². The topological polar surface area (TPSA) is 30.5 Å². The summed E-state index contributed by atoms with van der Waals surface area (Å²) in [6.07, 6.45) is 6.65. The van der Waals surface area contributed by atoms with E-state index in [1.165, 1.54) is 12.0 Å². The van der Waals surface area contributed by atoms with Crippen molar-refractivity contribution in [3.8, 4) is 0 Å². The second kappa shape index (κ2) is 8.17. The molecule has 2 aliphatic heterocycles. The van der Waals surface area contributed by atoms with Crippen LogP contribution in [0.1, 0.15) is 44.1 Å². The van der Waals surface area contributed by atoms with Crippen molar-refractivity contribution in [3.05, 3.63) is 33.8 Å². The first-order valence-corrected chi connectivity index (χ1v) is 9.35. The molecule has 0 aromatic heterocycles. The van der Waals surface area contributed by atoms with Gasteiger partial charge in [-0.1, -0.05) is 29.3 Å². The molecule has 3 rings (SSSR count). The fourth-order valence-corrected chi connectivity index (χ4v) is 3.94. The Bertz CT molecular complexity index is 512. The smallest absolute Gasteiger partial charge is 0.157 e. The first-order chi connectivity index (χ1) is 11.2. The van der Waals surface area contributed by atoms with Gasteiger partial charge in [0.15, 0.2) is 6.29 Å². The molecule has 0 amide bonds. The van der Waals surface area contributed by atoms with Crippen LogP contribution in [0.4, 0.5) is 0 Å². The molecule has 0 saturated carbocycles. The van der Waals surface area contributed by atoms with Crippen molar-refractivity contribution in [1.29, 1.82) is 0 Å². The Morgan fingerprint density at radius 3 is 2.87 bits per heavy atom. The second-order valence-electron chi connectivity index (χ2n) is 6.61. The van der Waals surface area contributed by atoms with E-state index in [1.54, 1.807) is 0 Å². The summed E-state index contributed by atoms with van der Waals surface area (Å²) in [6.45, 7) is 3.63. The SMILES string of the molecule is Clc1ccc(C2(CCCOC3CCCCO3)CCNC2)cc1Cl. The molecular formula is C18H25Cl2NO2. The van der Waals surface area contributed by atoms with E-state index < -0.39 is 0 Å². The Morgan fingerprint density at radius 1 is 1.26 bits per heavy atom. The minimum absolute atomic E-state index is 0.00591. The molecule has 5 heteroatoms. The zero-order chi connectivity index (χ0) is 16.1. The highest BCUT2D eigenvalue weighted by Crippen LogP contribution is 2.38. The van der Waals surface area contributed by atoms with Crippen molar-refractivity contribution in [2.24, 2.45) is 0 Å². The lowest BCUT2D eigenvalue weighted by Gasteiger charge is -2.30. The van der Waals surface area contributed by atoms with Crippen molar-refractivity contribution >= 4 is 23.2 Å². The molecule has 128 valence electrons. The van der Waals surface area contributed by atoms with Gasteiger partial charge in [0.05, 0.1) is 10.0 Å². The minimum Gasteiger partial charge on any atom is -0.353 e. The molecule has 23 heavy (non-hydrogen) atoms. The molecule has 3 nitrogen and oxygen atoms in total.